The number of carbonyl (C=O) groups is 3. The van der Waals surface area contributed by atoms with E-state index in [1.54, 1.807) is 0 Å². The van der Waals surface area contributed by atoms with E-state index in [4.69, 9.17) is 46.4 Å². The van der Waals surface area contributed by atoms with E-state index in [0.29, 0.717) is 0 Å². The number of carboxylic acid groups (broad SMARTS) is 1. The van der Waals surface area contributed by atoms with Crippen LogP contribution in [0.4, 0.5) is 33.3 Å². The van der Waals surface area contributed by atoms with Crippen LogP contribution in [0.2, 0.25) is 20.1 Å². The van der Waals surface area contributed by atoms with Gasteiger partial charge in [0.05, 0.1) is 35.0 Å². The molecule has 2 aliphatic heterocycles. The molecule has 0 saturated carbocycles. The zero-order valence-electron chi connectivity index (χ0n) is 23.3. The van der Waals surface area contributed by atoms with Crippen molar-refractivity contribution in [3.05, 3.63) is 56.0 Å². The highest BCUT2D eigenvalue weighted by atomic mass is 35.5. The molecule has 44 heavy (non-hydrogen) atoms. The topological polar surface area (TPSA) is 90.0 Å². The first-order valence-electron chi connectivity index (χ1n) is 13.1. The van der Waals surface area contributed by atoms with Gasteiger partial charge in [0.15, 0.2) is 0 Å². The van der Waals surface area contributed by atoms with Gasteiger partial charge in [0.1, 0.15) is 5.54 Å². The quantitative estimate of drug-likeness (QED) is 0.273. The van der Waals surface area contributed by atoms with Gasteiger partial charge in [0.2, 0.25) is 11.8 Å². The molecule has 2 heterocycles. The second-order valence-corrected chi connectivity index (χ2v) is 13.4. The minimum absolute atomic E-state index is 0.00481. The number of nitrogens with one attached hydrogen (secondary N) is 1. The maximum absolute atomic E-state index is 15.3. The summed E-state index contributed by atoms with van der Waals surface area (Å²) in [5, 5.41) is 12.3. The Kier molecular flexibility index (Phi) is 9.22. The van der Waals surface area contributed by atoms with Crippen molar-refractivity contribution in [3.63, 3.8) is 0 Å². The molecule has 2 aliphatic rings. The lowest BCUT2D eigenvalue weighted by Gasteiger charge is -2.42. The monoisotopic (exact) mass is 703 g/mol. The molecule has 2 aromatic rings. The number of hydrogen-bond acceptors (Lipinski definition) is 4. The lowest BCUT2D eigenvalue weighted by atomic mass is 9.83. The van der Waals surface area contributed by atoms with Crippen LogP contribution in [-0.4, -0.2) is 59.0 Å². The highest BCUT2D eigenvalue weighted by molar-refractivity contribution is 6.38. The predicted octanol–water partition coefficient (Wildman–Crippen LogP) is 7.89. The van der Waals surface area contributed by atoms with Crippen LogP contribution < -0.4 is 10.2 Å². The molecule has 16 heteroatoms. The van der Waals surface area contributed by atoms with E-state index in [2.05, 4.69) is 5.32 Å². The van der Waals surface area contributed by atoms with Crippen molar-refractivity contribution >= 4 is 75.6 Å². The number of aliphatic carboxylic acids is 1. The van der Waals surface area contributed by atoms with Gasteiger partial charge >= 0.3 is 12.1 Å². The molecule has 0 aromatic heterocycles. The van der Waals surface area contributed by atoms with Crippen LogP contribution in [0.3, 0.4) is 0 Å². The summed E-state index contributed by atoms with van der Waals surface area (Å²) in [5.41, 5.74) is -4.99. The highest BCUT2D eigenvalue weighted by Gasteiger charge is 2.62. The van der Waals surface area contributed by atoms with Gasteiger partial charge in [-0.2, -0.15) is 13.2 Å². The summed E-state index contributed by atoms with van der Waals surface area (Å²) in [7, 11) is 0. The zero-order chi connectivity index (χ0) is 33.2. The van der Waals surface area contributed by atoms with Crippen LogP contribution in [0, 0.1) is 11.3 Å². The molecule has 7 nitrogen and oxygen atoms in total. The van der Waals surface area contributed by atoms with Gasteiger partial charge in [-0.3, -0.25) is 19.3 Å². The number of likely N-dealkylation sites (tertiary alicyclic amines) is 1. The molecular formula is C28H26Cl4F5N3O4. The first-order valence-corrected chi connectivity index (χ1v) is 14.6. The van der Waals surface area contributed by atoms with Crippen molar-refractivity contribution in [2.24, 2.45) is 11.3 Å². The number of halogens is 9. The third-order valence-corrected chi connectivity index (χ3v) is 8.99. The van der Waals surface area contributed by atoms with Crippen molar-refractivity contribution in [2.45, 2.75) is 57.3 Å². The molecule has 2 aromatic carbocycles. The van der Waals surface area contributed by atoms with E-state index in [9.17, 15) is 32.7 Å². The summed E-state index contributed by atoms with van der Waals surface area (Å²) >= 11 is 24.6. The van der Waals surface area contributed by atoms with Crippen molar-refractivity contribution in [1.82, 2.24) is 4.90 Å². The molecule has 2 amide bonds. The number of anilines is 2. The molecule has 1 fully saturated rings. The van der Waals surface area contributed by atoms with E-state index in [-0.39, 0.29) is 37.0 Å². The van der Waals surface area contributed by atoms with E-state index in [1.807, 2.05) is 0 Å². The summed E-state index contributed by atoms with van der Waals surface area (Å²) in [6.07, 6.45) is -6.80. The van der Waals surface area contributed by atoms with Gasteiger partial charge in [-0.1, -0.05) is 53.3 Å². The Morgan fingerprint density at radius 1 is 1.07 bits per heavy atom. The fourth-order valence-corrected chi connectivity index (χ4v) is 6.80. The zero-order valence-corrected chi connectivity index (χ0v) is 26.4. The van der Waals surface area contributed by atoms with Gasteiger partial charge < -0.3 is 15.3 Å². The second kappa shape index (κ2) is 11.8. The van der Waals surface area contributed by atoms with Gasteiger partial charge in [0.25, 0.3) is 5.92 Å². The molecule has 0 spiro atoms. The van der Waals surface area contributed by atoms with Crippen LogP contribution in [0.15, 0.2) is 30.3 Å². The Morgan fingerprint density at radius 2 is 1.64 bits per heavy atom. The van der Waals surface area contributed by atoms with Gasteiger partial charge in [-0.25, -0.2) is 8.78 Å². The lowest BCUT2D eigenvalue weighted by molar-refractivity contribution is -0.207. The van der Waals surface area contributed by atoms with Crippen LogP contribution in [0.1, 0.15) is 39.2 Å². The van der Waals surface area contributed by atoms with E-state index >= 15 is 8.78 Å². The summed E-state index contributed by atoms with van der Waals surface area (Å²) in [6.45, 7) is 0.893. The third-order valence-electron chi connectivity index (χ3n) is 8.03. The number of nitrogens with zero attached hydrogens (tertiary/aromatic N) is 2. The normalized spacial score (nSPS) is 22.5. The van der Waals surface area contributed by atoms with Crippen molar-refractivity contribution < 1.29 is 41.4 Å². The van der Waals surface area contributed by atoms with E-state index in [0.717, 1.165) is 23.6 Å². The van der Waals surface area contributed by atoms with Crippen molar-refractivity contribution in [1.29, 1.82) is 0 Å². The molecule has 0 bridgehead atoms. The minimum Gasteiger partial charge on any atom is -0.481 e. The predicted molar refractivity (Wildman–Crippen MR) is 157 cm³/mol. The Bertz CT molecular complexity index is 1500. The van der Waals surface area contributed by atoms with Crippen LogP contribution in [0.5, 0.6) is 0 Å². The molecule has 0 aliphatic carbocycles. The fraction of sp³-hybridized carbons (Fsp3) is 0.464. The minimum atomic E-state index is -4.78. The molecular weight excluding hydrogens is 679 g/mol. The maximum Gasteiger partial charge on any atom is 0.395 e. The number of benzene rings is 2. The second-order valence-electron chi connectivity index (χ2n) is 11.7. The summed E-state index contributed by atoms with van der Waals surface area (Å²) in [6, 6.07) is 4.70. The molecule has 0 unspecified atom stereocenters. The fourth-order valence-electron chi connectivity index (χ4n) is 5.75. The number of amides is 2. The van der Waals surface area contributed by atoms with Crippen LogP contribution in [-0.2, 0) is 19.9 Å². The largest absolute Gasteiger partial charge is 0.481 e. The smallest absolute Gasteiger partial charge is 0.395 e. The molecule has 240 valence electrons. The van der Waals surface area contributed by atoms with E-state index in [1.165, 1.54) is 37.3 Å². The summed E-state index contributed by atoms with van der Waals surface area (Å²) in [4.78, 5) is 41.6. The Balaban J connectivity index is 1.86. The summed E-state index contributed by atoms with van der Waals surface area (Å²) < 4.78 is 72.5. The molecule has 4 rings (SSSR count). The first kappa shape index (κ1) is 34.5. The standard InChI is InChI=1S/C28H26Cl4F5N3O4/c1-13(23(43)39(11-25(2,3)28(35,36)37)17-5-14(29)4-15(30)6-17)20-9-26(33,34)12-40(20)27(10-21(41)42)18-7-16(31)8-19(32)22(18)38-24(27)44/h4-8,13,20H,9-12H2,1-3H3,(H,38,44)(H,41,42)/t13-,20-,27-/m1/s1. The SMILES string of the molecule is C[C@@H](C(=O)N(CC(C)(C)C(F)(F)F)c1cc(Cl)cc(Cl)c1)[C@H]1CC(F)(F)CN1[C@@]1(CC(=O)O)C(=O)Nc2c(Cl)cc(Cl)cc21. The van der Waals surface area contributed by atoms with Crippen molar-refractivity contribution in [2.75, 3.05) is 23.3 Å². The lowest BCUT2D eigenvalue weighted by Crippen LogP contribution is -2.58. The van der Waals surface area contributed by atoms with Crippen molar-refractivity contribution in [3.8, 4) is 0 Å². The maximum atomic E-state index is 15.3. The summed E-state index contributed by atoms with van der Waals surface area (Å²) in [5.74, 6) is -8.55. The molecule has 3 atom stereocenters. The van der Waals surface area contributed by atoms with Gasteiger partial charge in [0, 0.05) is 45.3 Å². The number of rotatable bonds is 8. The van der Waals surface area contributed by atoms with Gasteiger partial charge in [-0.05, 0) is 44.2 Å². The number of alkyl halides is 5. The number of fused-ring (bicyclic) bond motifs is 1. The Labute approximate surface area is 269 Å². The van der Waals surface area contributed by atoms with Gasteiger partial charge in [-0.15, -0.1) is 0 Å². The number of carboxylic acids is 1. The number of hydrogen-bond donors (Lipinski definition) is 2. The highest BCUT2D eigenvalue weighted by Crippen LogP contribution is 2.52. The molecule has 2 N–H and O–H groups in total. The van der Waals surface area contributed by atoms with Crippen LogP contribution >= 0.6 is 46.4 Å². The van der Waals surface area contributed by atoms with E-state index < -0.39 is 78.7 Å². The molecule has 1 saturated heterocycles. The Hall–Kier alpha value is -2.38. The Morgan fingerprint density at radius 3 is 2.18 bits per heavy atom. The third kappa shape index (κ3) is 6.33. The first-order chi connectivity index (χ1) is 20.1. The average molecular weight is 705 g/mol. The number of carbonyl (C=O) groups excluding carboxylic acids is 2. The van der Waals surface area contributed by atoms with Crippen LogP contribution in [0.25, 0.3) is 0 Å². The molecule has 0 radical (unpaired) electrons. The average Bonchev–Trinajstić information content (AvgIpc) is 3.34.